The van der Waals surface area contributed by atoms with Gasteiger partial charge in [-0.3, -0.25) is 0 Å². The van der Waals surface area contributed by atoms with E-state index in [9.17, 15) is 0 Å². The van der Waals surface area contributed by atoms with Crippen LogP contribution in [0.5, 0.6) is 0 Å². The number of nitrogens with two attached hydrogens (primary N) is 1. The molecule has 2 N–H and O–H groups in total. The third-order valence-electron chi connectivity index (χ3n) is 2.94. The van der Waals surface area contributed by atoms with E-state index in [0.717, 1.165) is 19.5 Å². The Morgan fingerprint density at radius 2 is 2.06 bits per heavy atom. The van der Waals surface area contributed by atoms with Crippen LogP contribution in [0, 0.1) is 0 Å². The van der Waals surface area contributed by atoms with Gasteiger partial charge in [0.05, 0.1) is 12.2 Å². The van der Waals surface area contributed by atoms with Crippen LogP contribution in [-0.2, 0) is 4.74 Å². The van der Waals surface area contributed by atoms with Crippen molar-refractivity contribution >= 4 is 5.69 Å². The molecule has 0 amide bonds. The maximum atomic E-state index is 5.86. The molecule has 1 aliphatic rings. The van der Waals surface area contributed by atoms with Gasteiger partial charge in [-0.05, 0) is 32.0 Å². The molecule has 1 aromatic carbocycles. The zero-order valence-corrected chi connectivity index (χ0v) is 9.80. The molecule has 0 saturated carbocycles. The summed E-state index contributed by atoms with van der Waals surface area (Å²) in [5, 5.41) is 0. The number of para-hydroxylation sites is 1. The zero-order chi connectivity index (χ0) is 11.4. The zero-order valence-electron chi connectivity index (χ0n) is 9.80. The van der Waals surface area contributed by atoms with Crippen LogP contribution >= 0.6 is 0 Å². The monoisotopic (exact) mass is 220 g/mol. The fourth-order valence-electron chi connectivity index (χ4n) is 2.24. The molecule has 1 fully saturated rings. The molecule has 1 heterocycles. The molecule has 2 atom stereocenters. The number of nitrogens with zero attached hydrogens (tertiary/aromatic N) is 1. The Hall–Kier alpha value is -1.06. The molecule has 2 unspecified atom stereocenters. The first-order valence-electron chi connectivity index (χ1n) is 5.95. The lowest BCUT2D eigenvalue weighted by atomic mass is 10.1. The predicted octanol–water partition coefficient (Wildman–Crippen LogP) is 1.63. The van der Waals surface area contributed by atoms with Crippen LogP contribution in [0.2, 0.25) is 0 Å². The summed E-state index contributed by atoms with van der Waals surface area (Å²) in [5.41, 5.74) is 6.87. The van der Waals surface area contributed by atoms with Crippen molar-refractivity contribution in [2.24, 2.45) is 5.73 Å². The lowest BCUT2D eigenvalue weighted by molar-refractivity contribution is -0.0183. The molecule has 0 aliphatic carbocycles. The van der Waals surface area contributed by atoms with Crippen molar-refractivity contribution < 1.29 is 4.74 Å². The third kappa shape index (κ3) is 2.74. The summed E-state index contributed by atoms with van der Waals surface area (Å²) in [6.07, 6.45) is 1.49. The molecule has 0 spiro atoms. The molecule has 16 heavy (non-hydrogen) atoms. The first kappa shape index (κ1) is 11.4. The average molecular weight is 220 g/mol. The van der Waals surface area contributed by atoms with Crippen LogP contribution in [-0.4, -0.2) is 31.8 Å². The minimum absolute atomic E-state index is 0.272. The van der Waals surface area contributed by atoms with Gasteiger partial charge in [-0.2, -0.15) is 0 Å². The van der Waals surface area contributed by atoms with E-state index in [2.05, 4.69) is 36.1 Å². The Bertz CT molecular complexity index is 315. The molecule has 3 nitrogen and oxygen atoms in total. The minimum Gasteiger partial charge on any atom is -0.372 e. The van der Waals surface area contributed by atoms with Crippen LogP contribution in [0.15, 0.2) is 30.3 Å². The van der Waals surface area contributed by atoms with Gasteiger partial charge in [0.25, 0.3) is 0 Å². The average Bonchev–Trinajstić information content (AvgIpc) is 2.30. The van der Waals surface area contributed by atoms with Gasteiger partial charge in [0, 0.05) is 18.8 Å². The van der Waals surface area contributed by atoms with Crippen molar-refractivity contribution in [1.29, 1.82) is 0 Å². The fourth-order valence-corrected chi connectivity index (χ4v) is 2.24. The summed E-state index contributed by atoms with van der Waals surface area (Å²) >= 11 is 0. The van der Waals surface area contributed by atoms with Gasteiger partial charge in [-0.15, -0.1) is 0 Å². The minimum atomic E-state index is 0.272. The van der Waals surface area contributed by atoms with E-state index in [0.29, 0.717) is 6.54 Å². The van der Waals surface area contributed by atoms with Gasteiger partial charge >= 0.3 is 0 Å². The molecule has 1 aromatic rings. The van der Waals surface area contributed by atoms with Crippen molar-refractivity contribution in [2.45, 2.75) is 25.6 Å². The SMILES string of the molecule is CC1CN(c2ccccc2)CC(CCN)O1. The quantitative estimate of drug-likeness (QED) is 0.841. The summed E-state index contributed by atoms with van der Waals surface area (Å²) in [4.78, 5) is 2.38. The van der Waals surface area contributed by atoms with E-state index < -0.39 is 0 Å². The number of hydrogen-bond donors (Lipinski definition) is 1. The molecule has 3 heteroatoms. The van der Waals surface area contributed by atoms with E-state index in [4.69, 9.17) is 10.5 Å². The first-order chi connectivity index (χ1) is 7.79. The predicted molar refractivity (Wildman–Crippen MR) is 66.7 cm³/mol. The van der Waals surface area contributed by atoms with Gasteiger partial charge in [-0.25, -0.2) is 0 Å². The fraction of sp³-hybridized carbons (Fsp3) is 0.538. The summed E-state index contributed by atoms with van der Waals surface area (Å²) < 4.78 is 5.86. The van der Waals surface area contributed by atoms with Crippen LogP contribution in [0.25, 0.3) is 0 Å². The van der Waals surface area contributed by atoms with Crippen LogP contribution in [0.4, 0.5) is 5.69 Å². The number of rotatable bonds is 3. The molecule has 1 saturated heterocycles. The maximum Gasteiger partial charge on any atom is 0.0766 e. The normalized spacial score (nSPS) is 25.8. The molecular formula is C13H20N2O. The van der Waals surface area contributed by atoms with Gasteiger partial charge in [-0.1, -0.05) is 18.2 Å². The largest absolute Gasteiger partial charge is 0.372 e. The van der Waals surface area contributed by atoms with E-state index in [1.165, 1.54) is 5.69 Å². The Morgan fingerprint density at radius 3 is 2.75 bits per heavy atom. The van der Waals surface area contributed by atoms with Crippen LogP contribution in [0.3, 0.4) is 0 Å². The number of anilines is 1. The first-order valence-corrected chi connectivity index (χ1v) is 5.95. The molecule has 2 rings (SSSR count). The highest BCUT2D eigenvalue weighted by Gasteiger charge is 2.24. The second-order valence-electron chi connectivity index (χ2n) is 4.39. The Labute approximate surface area is 97.2 Å². The van der Waals surface area contributed by atoms with Gasteiger partial charge < -0.3 is 15.4 Å². The van der Waals surface area contributed by atoms with E-state index in [1.54, 1.807) is 0 Å². The molecule has 0 bridgehead atoms. The maximum absolute atomic E-state index is 5.86. The third-order valence-corrected chi connectivity index (χ3v) is 2.94. The summed E-state index contributed by atoms with van der Waals surface area (Å²) in [5.74, 6) is 0. The molecule has 0 radical (unpaired) electrons. The number of ether oxygens (including phenoxy) is 1. The van der Waals surface area contributed by atoms with Crippen LogP contribution < -0.4 is 10.6 Å². The number of morpholine rings is 1. The Balaban J connectivity index is 2.04. The van der Waals surface area contributed by atoms with Gasteiger partial charge in [0.2, 0.25) is 0 Å². The highest BCUT2D eigenvalue weighted by Crippen LogP contribution is 2.20. The van der Waals surface area contributed by atoms with E-state index >= 15 is 0 Å². The van der Waals surface area contributed by atoms with Crippen LogP contribution in [0.1, 0.15) is 13.3 Å². The van der Waals surface area contributed by atoms with E-state index in [-0.39, 0.29) is 12.2 Å². The highest BCUT2D eigenvalue weighted by atomic mass is 16.5. The second kappa shape index (κ2) is 5.32. The van der Waals surface area contributed by atoms with Crippen molar-refractivity contribution in [2.75, 3.05) is 24.5 Å². The summed E-state index contributed by atoms with van der Waals surface area (Å²) in [6.45, 7) is 4.73. The van der Waals surface area contributed by atoms with Gasteiger partial charge in [0.1, 0.15) is 0 Å². The highest BCUT2D eigenvalue weighted by molar-refractivity contribution is 5.46. The number of hydrogen-bond acceptors (Lipinski definition) is 3. The molecule has 1 aliphatic heterocycles. The van der Waals surface area contributed by atoms with Crippen molar-refractivity contribution in [3.8, 4) is 0 Å². The van der Waals surface area contributed by atoms with Crippen molar-refractivity contribution in [3.05, 3.63) is 30.3 Å². The molecule has 0 aromatic heterocycles. The van der Waals surface area contributed by atoms with Crippen molar-refractivity contribution in [1.82, 2.24) is 0 Å². The summed E-state index contributed by atoms with van der Waals surface area (Å²) in [7, 11) is 0. The van der Waals surface area contributed by atoms with Crippen molar-refractivity contribution in [3.63, 3.8) is 0 Å². The smallest absolute Gasteiger partial charge is 0.0766 e. The summed E-state index contributed by atoms with van der Waals surface area (Å²) in [6, 6.07) is 10.5. The lowest BCUT2D eigenvalue weighted by Gasteiger charge is -2.38. The standard InChI is InChI=1S/C13H20N2O/c1-11-9-15(10-13(16-11)7-8-14)12-5-3-2-4-6-12/h2-6,11,13H,7-10,14H2,1H3. The second-order valence-corrected chi connectivity index (χ2v) is 4.39. The molecule has 88 valence electrons. The number of benzene rings is 1. The molecular weight excluding hydrogens is 200 g/mol. The Morgan fingerprint density at radius 1 is 1.31 bits per heavy atom. The van der Waals surface area contributed by atoms with Gasteiger partial charge in [0.15, 0.2) is 0 Å². The Kier molecular flexibility index (Phi) is 3.80. The van der Waals surface area contributed by atoms with E-state index in [1.807, 2.05) is 6.07 Å². The lowest BCUT2D eigenvalue weighted by Crippen LogP contribution is -2.47. The topological polar surface area (TPSA) is 38.5 Å².